The number of nitrogens with zero attached hydrogens (tertiary/aromatic N) is 2. The number of aryl methyl sites for hydroxylation is 2. The summed E-state index contributed by atoms with van der Waals surface area (Å²) in [6.45, 7) is 9.92. The van der Waals surface area contributed by atoms with Crippen molar-refractivity contribution in [2.24, 2.45) is 13.0 Å². The van der Waals surface area contributed by atoms with Gasteiger partial charge in [0.15, 0.2) is 0 Å². The Morgan fingerprint density at radius 2 is 2.10 bits per heavy atom. The first kappa shape index (κ1) is 15.3. The molecule has 0 aliphatic rings. The highest BCUT2D eigenvalue weighted by molar-refractivity contribution is 7.15. The maximum Gasteiger partial charge on any atom is 0.0680 e. The molecule has 2 rings (SSSR count). The molecule has 0 saturated heterocycles. The van der Waals surface area contributed by atoms with Crippen LogP contribution in [0.2, 0.25) is 0 Å². The molecule has 0 aliphatic carbocycles. The van der Waals surface area contributed by atoms with Gasteiger partial charge in [0.25, 0.3) is 0 Å². The molecule has 0 radical (unpaired) electrons. The maximum atomic E-state index is 4.43. The fourth-order valence-corrected chi connectivity index (χ4v) is 3.79. The molecule has 2 aromatic rings. The minimum atomic E-state index is 0.450. The van der Waals surface area contributed by atoms with E-state index in [1.54, 1.807) is 0 Å². The van der Waals surface area contributed by atoms with Crippen LogP contribution in [0.1, 0.15) is 43.8 Å². The summed E-state index contributed by atoms with van der Waals surface area (Å²) in [5, 5.41) is 8.09. The van der Waals surface area contributed by atoms with Crippen LogP contribution in [0.15, 0.2) is 18.3 Å². The van der Waals surface area contributed by atoms with Crippen molar-refractivity contribution in [2.75, 3.05) is 6.54 Å². The third-order valence-corrected chi connectivity index (χ3v) is 4.69. The standard InChI is InChI=1S/C16H25N3S/c1-6-9-17-16(11(2)3)15-8-7-14(20-15)13-10-19(5)18-12(13)4/h7-8,10-11,16-17H,6,9H2,1-5H3. The van der Waals surface area contributed by atoms with E-state index < -0.39 is 0 Å². The molecule has 2 heterocycles. The largest absolute Gasteiger partial charge is 0.309 e. The van der Waals surface area contributed by atoms with Crippen molar-refractivity contribution < 1.29 is 0 Å². The molecule has 3 nitrogen and oxygen atoms in total. The second kappa shape index (κ2) is 6.55. The van der Waals surface area contributed by atoms with E-state index in [0.29, 0.717) is 12.0 Å². The smallest absolute Gasteiger partial charge is 0.0680 e. The Labute approximate surface area is 126 Å². The summed E-state index contributed by atoms with van der Waals surface area (Å²) >= 11 is 1.88. The van der Waals surface area contributed by atoms with Crippen LogP contribution in [-0.4, -0.2) is 16.3 Å². The van der Waals surface area contributed by atoms with Crippen molar-refractivity contribution in [1.82, 2.24) is 15.1 Å². The van der Waals surface area contributed by atoms with Crippen LogP contribution in [-0.2, 0) is 7.05 Å². The van der Waals surface area contributed by atoms with E-state index >= 15 is 0 Å². The Hall–Kier alpha value is -1.13. The van der Waals surface area contributed by atoms with Gasteiger partial charge in [-0.3, -0.25) is 4.68 Å². The second-order valence-corrected chi connectivity index (χ2v) is 6.80. The van der Waals surface area contributed by atoms with Gasteiger partial charge in [-0.2, -0.15) is 5.10 Å². The lowest BCUT2D eigenvalue weighted by atomic mass is 10.0. The van der Waals surface area contributed by atoms with Crippen LogP contribution in [0, 0.1) is 12.8 Å². The summed E-state index contributed by atoms with van der Waals surface area (Å²) in [5.41, 5.74) is 2.35. The van der Waals surface area contributed by atoms with E-state index in [1.807, 2.05) is 23.1 Å². The predicted octanol–water partition coefficient (Wildman–Crippen LogP) is 4.15. The Morgan fingerprint density at radius 1 is 1.35 bits per heavy atom. The zero-order valence-electron chi connectivity index (χ0n) is 13.1. The van der Waals surface area contributed by atoms with E-state index in [9.17, 15) is 0 Å². The molecule has 0 aromatic carbocycles. The van der Waals surface area contributed by atoms with Gasteiger partial charge in [0.05, 0.1) is 5.69 Å². The molecule has 4 heteroatoms. The minimum Gasteiger partial charge on any atom is -0.309 e. The molecule has 0 saturated carbocycles. The van der Waals surface area contributed by atoms with Gasteiger partial charge in [-0.05, 0) is 37.9 Å². The van der Waals surface area contributed by atoms with Crippen LogP contribution >= 0.6 is 11.3 Å². The molecule has 20 heavy (non-hydrogen) atoms. The predicted molar refractivity (Wildman–Crippen MR) is 87.1 cm³/mol. The van der Waals surface area contributed by atoms with Crippen molar-refractivity contribution in [3.05, 3.63) is 28.9 Å². The van der Waals surface area contributed by atoms with Gasteiger partial charge in [-0.1, -0.05) is 20.8 Å². The Morgan fingerprint density at radius 3 is 2.65 bits per heavy atom. The summed E-state index contributed by atoms with van der Waals surface area (Å²) in [5.74, 6) is 0.600. The quantitative estimate of drug-likeness (QED) is 0.866. The number of hydrogen-bond donors (Lipinski definition) is 1. The van der Waals surface area contributed by atoms with E-state index in [1.165, 1.54) is 21.7 Å². The summed E-state index contributed by atoms with van der Waals surface area (Å²) in [6.07, 6.45) is 3.28. The lowest BCUT2D eigenvalue weighted by Gasteiger charge is -2.20. The van der Waals surface area contributed by atoms with Crippen molar-refractivity contribution >= 4 is 11.3 Å². The summed E-state index contributed by atoms with van der Waals surface area (Å²) < 4.78 is 1.89. The van der Waals surface area contributed by atoms with Crippen LogP contribution in [0.25, 0.3) is 10.4 Å². The zero-order valence-corrected chi connectivity index (χ0v) is 13.9. The molecule has 0 aliphatic heterocycles. The van der Waals surface area contributed by atoms with Crippen LogP contribution in [0.5, 0.6) is 0 Å². The SMILES string of the molecule is CCCNC(c1ccc(-c2cn(C)nc2C)s1)C(C)C. The van der Waals surface area contributed by atoms with E-state index in [4.69, 9.17) is 0 Å². The highest BCUT2D eigenvalue weighted by Crippen LogP contribution is 2.35. The molecule has 1 N–H and O–H groups in total. The molecule has 0 fully saturated rings. The zero-order chi connectivity index (χ0) is 14.7. The number of thiophene rings is 1. The third-order valence-electron chi connectivity index (χ3n) is 3.49. The van der Waals surface area contributed by atoms with Gasteiger partial charge in [0, 0.05) is 34.6 Å². The Bertz CT molecular complexity index is 554. The third kappa shape index (κ3) is 3.30. The topological polar surface area (TPSA) is 29.9 Å². The highest BCUT2D eigenvalue weighted by atomic mass is 32.1. The highest BCUT2D eigenvalue weighted by Gasteiger charge is 2.18. The normalized spacial score (nSPS) is 13.1. The van der Waals surface area contributed by atoms with Crippen LogP contribution < -0.4 is 5.32 Å². The number of aromatic nitrogens is 2. The van der Waals surface area contributed by atoms with E-state index in [2.05, 4.69) is 56.4 Å². The number of nitrogens with one attached hydrogen (secondary N) is 1. The Kier molecular flexibility index (Phi) is 5.00. The molecular formula is C16H25N3S. The van der Waals surface area contributed by atoms with E-state index in [0.717, 1.165) is 12.2 Å². The molecule has 0 amide bonds. The summed E-state index contributed by atoms with van der Waals surface area (Å²) in [7, 11) is 1.98. The first-order chi connectivity index (χ1) is 9.52. The molecule has 110 valence electrons. The average Bonchev–Trinajstić information content (AvgIpc) is 2.96. The van der Waals surface area contributed by atoms with Gasteiger partial charge < -0.3 is 5.32 Å². The van der Waals surface area contributed by atoms with Crippen molar-refractivity contribution in [3.8, 4) is 10.4 Å². The van der Waals surface area contributed by atoms with Crippen molar-refractivity contribution in [3.63, 3.8) is 0 Å². The molecule has 0 spiro atoms. The van der Waals surface area contributed by atoms with Crippen LogP contribution in [0.3, 0.4) is 0 Å². The summed E-state index contributed by atoms with van der Waals surface area (Å²) in [4.78, 5) is 2.74. The van der Waals surface area contributed by atoms with Gasteiger partial charge >= 0.3 is 0 Å². The monoisotopic (exact) mass is 291 g/mol. The summed E-state index contributed by atoms with van der Waals surface area (Å²) in [6, 6.07) is 4.94. The first-order valence-electron chi connectivity index (χ1n) is 7.36. The maximum absolute atomic E-state index is 4.43. The lowest BCUT2D eigenvalue weighted by Crippen LogP contribution is -2.25. The van der Waals surface area contributed by atoms with E-state index in [-0.39, 0.29) is 0 Å². The van der Waals surface area contributed by atoms with Crippen molar-refractivity contribution in [2.45, 2.75) is 40.2 Å². The average molecular weight is 291 g/mol. The fraction of sp³-hybridized carbons (Fsp3) is 0.562. The van der Waals surface area contributed by atoms with Gasteiger partial charge in [0.2, 0.25) is 0 Å². The molecular weight excluding hydrogens is 266 g/mol. The lowest BCUT2D eigenvalue weighted by molar-refractivity contribution is 0.418. The van der Waals surface area contributed by atoms with Gasteiger partial charge in [-0.25, -0.2) is 0 Å². The molecule has 2 aromatic heterocycles. The number of hydrogen-bond acceptors (Lipinski definition) is 3. The van der Waals surface area contributed by atoms with Gasteiger partial charge in [0.1, 0.15) is 0 Å². The van der Waals surface area contributed by atoms with Crippen LogP contribution in [0.4, 0.5) is 0 Å². The second-order valence-electron chi connectivity index (χ2n) is 5.68. The van der Waals surface area contributed by atoms with Gasteiger partial charge in [-0.15, -0.1) is 11.3 Å². The van der Waals surface area contributed by atoms with Crippen molar-refractivity contribution in [1.29, 1.82) is 0 Å². The Balaban J connectivity index is 2.24. The molecule has 1 atom stereocenters. The fourth-order valence-electron chi connectivity index (χ4n) is 2.47. The molecule has 1 unspecified atom stereocenters. The molecule has 0 bridgehead atoms. The first-order valence-corrected chi connectivity index (χ1v) is 8.18. The number of rotatable bonds is 6. The minimum absolute atomic E-state index is 0.450.